The standard InChI is InChI=1S/C13H27NO2/c1-5-16-12-8-11(9-12)14-10-13(2,3)6-7-15-4/h11-12,14H,5-10H2,1-4H3. The van der Waals surface area contributed by atoms with Gasteiger partial charge in [0.15, 0.2) is 0 Å². The number of methoxy groups -OCH3 is 1. The molecule has 0 spiro atoms. The van der Waals surface area contributed by atoms with Gasteiger partial charge in [-0.15, -0.1) is 0 Å². The lowest BCUT2D eigenvalue weighted by Crippen LogP contribution is -2.48. The molecule has 16 heavy (non-hydrogen) atoms. The van der Waals surface area contributed by atoms with Crippen molar-refractivity contribution in [2.75, 3.05) is 26.9 Å². The predicted octanol–water partition coefficient (Wildman–Crippen LogP) is 2.21. The molecule has 1 aliphatic rings. The number of nitrogens with one attached hydrogen (secondary N) is 1. The first-order valence-corrected chi connectivity index (χ1v) is 6.41. The Morgan fingerprint density at radius 1 is 1.31 bits per heavy atom. The topological polar surface area (TPSA) is 30.5 Å². The summed E-state index contributed by atoms with van der Waals surface area (Å²) in [6.07, 6.45) is 3.96. The van der Waals surface area contributed by atoms with Gasteiger partial charge in [-0.1, -0.05) is 13.8 Å². The lowest BCUT2D eigenvalue weighted by atomic mass is 9.85. The van der Waals surface area contributed by atoms with E-state index < -0.39 is 0 Å². The molecule has 1 N–H and O–H groups in total. The molecule has 1 saturated carbocycles. The predicted molar refractivity (Wildman–Crippen MR) is 66.7 cm³/mol. The maximum Gasteiger partial charge on any atom is 0.0604 e. The second-order valence-electron chi connectivity index (χ2n) is 5.53. The van der Waals surface area contributed by atoms with Crippen LogP contribution in [0.2, 0.25) is 0 Å². The van der Waals surface area contributed by atoms with Crippen LogP contribution in [0.3, 0.4) is 0 Å². The molecule has 0 unspecified atom stereocenters. The molecule has 0 radical (unpaired) electrons. The summed E-state index contributed by atoms with van der Waals surface area (Å²) >= 11 is 0. The van der Waals surface area contributed by atoms with Gasteiger partial charge in [0.1, 0.15) is 0 Å². The zero-order valence-electron chi connectivity index (χ0n) is 11.2. The smallest absolute Gasteiger partial charge is 0.0604 e. The van der Waals surface area contributed by atoms with E-state index in [0.29, 0.717) is 17.6 Å². The van der Waals surface area contributed by atoms with Gasteiger partial charge in [0.2, 0.25) is 0 Å². The molecular weight excluding hydrogens is 202 g/mol. The normalized spacial score (nSPS) is 25.5. The molecule has 0 atom stereocenters. The van der Waals surface area contributed by atoms with Gasteiger partial charge < -0.3 is 14.8 Å². The SMILES string of the molecule is CCOC1CC(NCC(C)(C)CCOC)C1. The van der Waals surface area contributed by atoms with Crippen molar-refractivity contribution in [3.63, 3.8) is 0 Å². The van der Waals surface area contributed by atoms with Crippen LogP contribution in [0.1, 0.15) is 40.0 Å². The van der Waals surface area contributed by atoms with Crippen LogP contribution in [-0.2, 0) is 9.47 Å². The van der Waals surface area contributed by atoms with Crippen molar-refractivity contribution in [3.8, 4) is 0 Å². The quantitative estimate of drug-likeness (QED) is 0.692. The first-order valence-electron chi connectivity index (χ1n) is 6.41. The van der Waals surface area contributed by atoms with E-state index in [4.69, 9.17) is 9.47 Å². The summed E-state index contributed by atoms with van der Waals surface area (Å²) < 4.78 is 10.7. The van der Waals surface area contributed by atoms with Crippen LogP contribution in [0.4, 0.5) is 0 Å². The Labute approximate surface area is 99.9 Å². The van der Waals surface area contributed by atoms with Gasteiger partial charge in [-0.05, 0) is 31.6 Å². The molecule has 0 heterocycles. The summed E-state index contributed by atoms with van der Waals surface area (Å²) in [6, 6.07) is 0.665. The minimum absolute atomic E-state index is 0.326. The largest absolute Gasteiger partial charge is 0.385 e. The molecule has 0 saturated heterocycles. The lowest BCUT2D eigenvalue weighted by Gasteiger charge is -2.38. The Kier molecular flexibility index (Phi) is 5.73. The summed E-state index contributed by atoms with van der Waals surface area (Å²) in [5.41, 5.74) is 0.326. The molecule has 0 aromatic carbocycles. The van der Waals surface area contributed by atoms with Gasteiger partial charge in [-0.25, -0.2) is 0 Å². The van der Waals surface area contributed by atoms with E-state index in [9.17, 15) is 0 Å². The van der Waals surface area contributed by atoms with Crippen molar-refractivity contribution in [1.29, 1.82) is 0 Å². The van der Waals surface area contributed by atoms with Crippen molar-refractivity contribution >= 4 is 0 Å². The molecule has 3 nitrogen and oxygen atoms in total. The zero-order valence-corrected chi connectivity index (χ0v) is 11.2. The van der Waals surface area contributed by atoms with Crippen LogP contribution in [0.15, 0.2) is 0 Å². The second kappa shape index (κ2) is 6.58. The fourth-order valence-electron chi connectivity index (χ4n) is 1.99. The Morgan fingerprint density at radius 3 is 2.56 bits per heavy atom. The zero-order chi connectivity index (χ0) is 12.0. The van der Waals surface area contributed by atoms with Gasteiger partial charge in [0.25, 0.3) is 0 Å². The molecule has 3 heteroatoms. The molecule has 0 aromatic rings. The van der Waals surface area contributed by atoms with Crippen molar-refractivity contribution in [2.24, 2.45) is 5.41 Å². The second-order valence-corrected chi connectivity index (χ2v) is 5.53. The molecule has 1 fully saturated rings. The van der Waals surface area contributed by atoms with Gasteiger partial charge in [-0.3, -0.25) is 0 Å². The molecule has 1 aliphatic carbocycles. The van der Waals surface area contributed by atoms with E-state index in [0.717, 1.165) is 26.2 Å². The van der Waals surface area contributed by atoms with Crippen LogP contribution in [0.5, 0.6) is 0 Å². The third kappa shape index (κ3) is 4.81. The van der Waals surface area contributed by atoms with E-state index in [1.54, 1.807) is 7.11 Å². The molecule has 0 bridgehead atoms. The van der Waals surface area contributed by atoms with Crippen LogP contribution in [0, 0.1) is 5.41 Å². The Morgan fingerprint density at radius 2 is 2.00 bits per heavy atom. The number of hydrogen-bond acceptors (Lipinski definition) is 3. The van der Waals surface area contributed by atoms with Crippen molar-refractivity contribution < 1.29 is 9.47 Å². The molecular formula is C13H27NO2. The van der Waals surface area contributed by atoms with Crippen LogP contribution in [-0.4, -0.2) is 39.0 Å². The maximum atomic E-state index is 5.54. The fraction of sp³-hybridized carbons (Fsp3) is 1.00. The van der Waals surface area contributed by atoms with E-state index in [2.05, 4.69) is 26.1 Å². The Hall–Kier alpha value is -0.120. The molecule has 0 amide bonds. The van der Waals surface area contributed by atoms with Crippen LogP contribution < -0.4 is 5.32 Å². The van der Waals surface area contributed by atoms with Gasteiger partial charge >= 0.3 is 0 Å². The highest BCUT2D eigenvalue weighted by atomic mass is 16.5. The van der Waals surface area contributed by atoms with Crippen molar-refractivity contribution in [1.82, 2.24) is 5.32 Å². The highest BCUT2D eigenvalue weighted by Gasteiger charge is 2.30. The summed E-state index contributed by atoms with van der Waals surface area (Å²) in [5.74, 6) is 0. The third-order valence-electron chi connectivity index (χ3n) is 3.35. The summed E-state index contributed by atoms with van der Waals surface area (Å²) in [7, 11) is 1.77. The summed E-state index contributed by atoms with van der Waals surface area (Å²) in [6.45, 7) is 9.40. The first-order chi connectivity index (χ1) is 7.57. The minimum Gasteiger partial charge on any atom is -0.385 e. The Balaban J connectivity index is 2.07. The van der Waals surface area contributed by atoms with Crippen molar-refractivity contribution in [3.05, 3.63) is 0 Å². The molecule has 0 aromatic heterocycles. The van der Waals surface area contributed by atoms with Gasteiger partial charge in [0, 0.05) is 32.9 Å². The lowest BCUT2D eigenvalue weighted by molar-refractivity contribution is -0.0122. The average Bonchev–Trinajstić information content (AvgIpc) is 2.18. The van der Waals surface area contributed by atoms with Gasteiger partial charge in [0.05, 0.1) is 6.10 Å². The van der Waals surface area contributed by atoms with E-state index >= 15 is 0 Å². The summed E-state index contributed by atoms with van der Waals surface area (Å²) in [5, 5.41) is 3.62. The molecule has 96 valence electrons. The third-order valence-corrected chi connectivity index (χ3v) is 3.35. The van der Waals surface area contributed by atoms with Crippen molar-refractivity contribution in [2.45, 2.75) is 52.2 Å². The Bertz CT molecular complexity index is 188. The first kappa shape index (κ1) is 13.9. The average molecular weight is 229 g/mol. The van der Waals surface area contributed by atoms with Crippen LogP contribution >= 0.6 is 0 Å². The van der Waals surface area contributed by atoms with Crippen LogP contribution in [0.25, 0.3) is 0 Å². The number of ether oxygens (including phenoxy) is 2. The monoisotopic (exact) mass is 229 g/mol. The maximum absolute atomic E-state index is 5.54. The molecule has 0 aliphatic heterocycles. The van der Waals surface area contributed by atoms with Gasteiger partial charge in [-0.2, -0.15) is 0 Å². The summed E-state index contributed by atoms with van der Waals surface area (Å²) in [4.78, 5) is 0. The highest BCUT2D eigenvalue weighted by molar-refractivity contribution is 4.87. The minimum atomic E-state index is 0.326. The van der Waals surface area contributed by atoms with E-state index in [1.807, 2.05) is 0 Å². The number of hydrogen-bond donors (Lipinski definition) is 1. The van der Waals surface area contributed by atoms with E-state index in [1.165, 1.54) is 12.8 Å². The number of rotatable bonds is 8. The van der Waals surface area contributed by atoms with E-state index in [-0.39, 0.29) is 0 Å². The molecule has 1 rings (SSSR count). The highest BCUT2D eigenvalue weighted by Crippen LogP contribution is 2.25. The fourth-order valence-corrected chi connectivity index (χ4v) is 1.99.